The third kappa shape index (κ3) is 2.68. The molecule has 0 aliphatic carbocycles. The molecule has 1 aliphatic rings. The highest BCUT2D eigenvalue weighted by molar-refractivity contribution is 9.10. The van der Waals surface area contributed by atoms with Crippen molar-refractivity contribution in [3.8, 4) is 5.69 Å². The molecule has 1 amide bonds. The van der Waals surface area contributed by atoms with Gasteiger partial charge in [-0.3, -0.25) is 4.79 Å². The van der Waals surface area contributed by atoms with Crippen LogP contribution in [0.1, 0.15) is 28.9 Å². The summed E-state index contributed by atoms with van der Waals surface area (Å²) >= 11 is 3.46. The first kappa shape index (κ1) is 15.2. The second-order valence-corrected chi connectivity index (χ2v) is 6.48. The number of carbonyl (C=O) groups excluding carboxylic acids is 1. The van der Waals surface area contributed by atoms with Crippen LogP contribution in [0, 0.1) is 6.92 Å². The monoisotopic (exact) mass is 362 g/mol. The van der Waals surface area contributed by atoms with E-state index >= 15 is 0 Å². The fraction of sp³-hybridized carbons (Fsp3) is 0.375. The average molecular weight is 363 g/mol. The molecule has 0 saturated carbocycles. The molecule has 1 fully saturated rings. The molecule has 2 aromatic rings. The SMILES string of the molecule is Cc1c(C(=O)N2CCCC2CN)cnn1-c1cccc(Br)c1. The Labute approximate surface area is 138 Å². The molecule has 2 N–H and O–H groups in total. The van der Waals surface area contributed by atoms with E-state index in [0.717, 1.165) is 35.2 Å². The lowest BCUT2D eigenvalue weighted by molar-refractivity contribution is 0.0740. The van der Waals surface area contributed by atoms with Crippen molar-refractivity contribution in [3.63, 3.8) is 0 Å². The molecule has 1 unspecified atom stereocenters. The molecule has 5 nitrogen and oxygen atoms in total. The molecule has 0 spiro atoms. The third-order valence-electron chi connectivity index (χ3n) is 4.20. The van der Waals surface area contributed by atoms with Gasteiger partial charge in [-0.25, -0.2) is 4.68 Å². The van der Waals surface area contributed by atoms with Crippen molar-refractivity contribution in [2.45, 2.75) is 25.8 Å². The maximum Gasteiger partial charge on any atom is 0.257 e. The van der Waals surface area contributed by atoms with Crippen LogP contribution in [0.5, 0.6) is 0 Å². The van der Waals surface area contributed by atoms with Gasteiger partial charge in [0.25, 0.3) is 5.91 Å². The average Bonchev–Trinajstić information content (AvgIpc) is 3.12. The minimum atomic E-state index is 0.0340. The normalized spacial score (nSPS) is 18.0. The first-order valence-corrected chi connectivity index (χ1v) is 8.22. The van der Waals surface area contributed by atoms with Gasteiger partial charge in [0.05, 0.1) is 23.1 Å². The van der Waals surface area contributed by atoms with Crippen LogP contribution in [0.2, 0.25) is 0 Å². The lowest BCUT2D eigenvalue weighted by Gasteiger charge is -2.23. The van der Waals surface area contributed by atoms with Crippen molar-refractivity contribution >= 4 is 21.8 Å². The zero-order chi connectivity index (χ0) is 15.7. The van der Waals surface area contributed by atoms with E-state index < -0.39 is 0 Å². The van der Waals surface area contributed by atoms with Crippen molar-refractivity contribution in [2.24, 2.45) is 5.73 Å². The first-order chi connectivity index (χ1) is 10.6. The molecule has 1 aromatic carbocycles. The van der Waals surface area contributed by atoms with Gasteiger partial charge in [0.1, 0.15) is 0 Å². The van der Waals surface area contributed by atoms with E-state index in [1.807, 2.05) is 36.1 Å². The van der Waals surface area contributed by atoms with Gasteiger partial charge in [0.15, 0.2) is 0 Å². The van der Waals surface area contributed by atoms with E-state index in [2.05, 4.69) is 21.0 Å². The molecule has 2 heterocycles. The van der Waals surface area contributed by atoms with Crippen LogP contribution < -0.4 is 5.73 Å². The van der Waals surface area contributed by atoms with E-state index in [-0.39, 0.29) is 11.9 Å². The van der Waals surface area contributed by atoms with Gasteiger partial charge in [-0.1, -0.05) is 22.0 Å². The molecule has 116 valence electrons. The Morgan fingerprint density at radius 2 is 2.32 bits per heavy atom. The summed E-state index contributed by atoms with van der Waals surface area (Å²) in [6.07, 6.45) is 3.66. The summed E-state index contributed by atoms with van der Waals surface area (Å²) in [5.74, 6) is 0.0340. The number of rotatable bonds is 3. The Kier molecular flexibility index (Phi) is 4.31. The molecule has 0 bridgehead atoms. The fourth-order valence-electron chi connectivity index (χ4n) is 2.99. The minimum Gasteiger partial charge on any atom is -0.334 e. The fourth-order valence-corrected chi connectivity index (χ4v) is 3.38. The van der Waals surface area contributed by atoms with E-state index in [1.165, 1.54) is 0 Å². The Bertz CT molecular complexity index is 697. The summed E-state index contributed by atoms with van der Waals surface area (Å²) in [4.78, 5) is 14.6. The number of hydrogen-bond acceptors (Lipinski definition) is 3. The van der Waals surface area contributed by atoms with Gasteiger partial charge in [-0.05, 0) is 38.0 Å². The van der Waals surface area contributed by atoms with Gasteiger partial charge >= 0.3 is 0 Å². The maximum absolute atomic E-state index is 12.8. The van der Waals surface area contributed by atoms with Gasteiger partial charge < -0.3 is 10.6 Å². The molecule has 22 heavy (non-hydrogen) atoms. The third-order valence-corrected chi connectivity index (χ3v) is 4.70. The van der Waals surface area contributed by atoms with Crippen LogP contribution in [0.3, 0.4) is 0 Å². The molecular formula is C16H19BrN4O. The molecule has 1 aromatic heterocycles. The predicted octanol–water partition coefficient (Wildman–Crippen LogP) is 2.51. The highest BCUT2D eigenvalue weighted by atomic mass is 79.9. The van der Waals surface area contributed by atoms with E-state index in [0.29, 0.717) is 12.1 Å². The summed E-state index contributed by atoms with van der Waals surface area (Å²) in [6, 6.07) is 8.02. The summed E-state index contributed by atoms with van der Waals surface area (Å²) in [7, 11) is 0. The van der Waals surface area contributed by atoms with Crippen molar-refractivity contribution in [2.75, 3.05) is 13.1 Å². The van der Waals surface area contributed by atoms with Crippen molar-refractivity contribution < 1.29 is 4.79 Å². The molecular weight excluding hydrogens is 344 g/mol. The Hall–Kier alpha value is -1.66. The molecule has 0 radical (unpaired) electrons. The second kappa shape index (κ2) is 6.22. The van der Waals surface area contributed by atoms with Crippen LogP contribution in [0.25, 0.3) is 5.69 Å². The van der Waals surface area contributed by atoms with E-state index in [1.54, 1.807) is 10.9 Å². The van der Waals surface area contributed by atoms with Crippen LogP contribution in [-0.4, -0.2) is 39.7 Å². The van der Waals surface area contributed by atoms with Crippen molar-refractivity contribution in [1.29, 1.82) is 0 Å². The minimum absolute atomic E-state index is 0.0340. The van der Waals surface area contributed by atoms with Crippen LogP contribution in [-0.2, 0) is 0 Å². The van der Waals surface area contributed by atoms with Crippen LogP contribution >= 0.6 is 15.9 Å². The maximum atomic E-state index is 12.8. The van der Waals surface area contributed by atoms with Gasteiger partial charge in [0.2, 0.25) is 0 Å². The summed E-state index contributed by atoms with van der Waals surface area (Å²) in [6.45, 7) is 3.22. The molecule has 1 saturated heterocycles. The first-order valence-electron chi connectivity index (χ1n) is 7.43. The summed E-state index contributed by atoms with van der Waals surface area (Å²) in [5, 5.41) is 4.39. The Morgan fingerprint density at radius 1 is 1.50 bits per heavy atom. The van der Waals surface area contributed by atoms with Crippen molar-refractivity contribution in [1.82, 2.24) is 14.7 Å². The standard InChI is InChI=1S/C16H19BrN4O/c1-11-15(16(22)20-7-3-6-14(20)9-18)10-19-21(11)13-5-2-4-12(17)8-13/h2,4-5,8,10,14H,3,6-7,9,18H2,1H3. The van der Waals surface area contributed by atoms with Crippen LogP contribution in [0.15, 0.2) is 34.9 Å². The zero-order valence-corrected chi connectivity index (χ0v) is 14.1. The zero-order valence-electron chi connectivity index (χ0n) is 12.5. The summed E-state index contributed by atoms with van der Waals surface area (Å²) in [5.41, 5.74) is 8.21. The molecule has 1 aliphatic heterocycles. The lowest BCUT2D eigenvalue weighted by atomic mass is 10.2. The van der Waals surface area contributed by atoms with Crippen molar-refractivity contribution in [3.05, 3.63) is 46.2 Å². The second-order valence-electron chi connectivity index (χ2n) is 5.57. The number of nitrogens with zero attached hydrogens (tertiary/aromatic N) is 3. The van der Waals surface area contributed by atoms with Gasteiger partial charge in [-0.2, -0.15) is 5.10 Å². The highest BCUT2D eigenvalue weighted by Gasteiger charge is 2.30. The van der Waals surface area contributed by atoms with Gasteiger partial charge in [0, 0.05) is 23.6 Å². The topological polar surface area (TPSA) is 64.2 Å². The highest BCUT2D eigenvalue weighted by Crippen LogP contribution is 2.23. The molecule has 6 heteroatoms. The van der Waals surface area contributed by atoms with Crippen LogP contribution in [0.4, 0.5) is 0 Å². The number of benzene rings is 1. The smallest absolute Gasteiger partial charge is 0.257 e. The summed E-state index contributed by atoms with van der Waals surface area (Å²) < 4.78 is 2.78. The number of halogens is 1. The van der Waals surface area contributed by atoms with E-state index in [9.17, 15) is 4.79 Å². The van der Waals surface area contributed by atoms with Gasteiger partial charge in [-0.15, -0.1) is 0 Å². The number of likely N-dealkylation sites (tertiary alicyclic amines) is 1. The molecule has 3 rings (SSSR count). The number of amides is 1. The quantitative estimate of drug-likeness (QED) is 0.912. The Balaban J connectivity index is 1.92. The number of aromatic nitrogens is 2. The molecule has 1 atom stereocenters. The number of carbonyl (C=O) groups is 1. The largest absolute Gasteiger partial charge is 0.334 e. The lowest BCUT2D eigenvalue weighted by Crippen LogP contribution is -2.40. The van der Waals surface area contributed by atoms with E-state index in [4.69, 9.17) is 5.73 Å². The number of hydrogen-bond donors (Lipinski definition) is 1. The Morgan fingerprint density at radius 3 is 3.05 bits per heavy atom. The number of nitrogens with two attached hydrogens (primary N) is 1. The predicted molar refractivity (Wildman–Crippen MR) is 89.1 cm³/mol.